The highest BCUT2D eigenvalue weighted by Gasteiger charge is 2.30. The van der Waals surface area contributed by atoms with Gasteiger partial charge in [-0.1, -0.05) is 60.7 Å². The molecule has 3 nitrogen and oxygen atoms in total. The van der Waals surface area contributed by atoms with E-state index in [0.717, 1.165) is 11.1 Å². The first-order valence-corrected chi connectivity index (χ1v) is 6.44. The van der Waals surface area contributed by atoms with Crippen molar-refractivity contribution in [3.8, 4) is 0 Å². The summed E-state index contributed by atoms with van der Waals surface area (Å²) >= 11 is 0. The molecule has 1 unspecified atom stereocenters. The van der Waals surface area contributed by atoms with E-state index in [-0.39, 0.29) is 5.97 Å². The van der Waals surface area contributed by atoms with E-state index in [4.69, 9.17) is 9.47 Å². The molecule has 3 rings (SSSR count). The van der Waals surface area contributed by atoms with Crippen molar-refractivity contribution in [3.63, 3.8) is 0 Å². The van der Waals surface area contributed by atoms with Crippen LogP contribution in [0.4, 0.5) is 0 Å². The van der Waals surface area contributed by atoms with Crippen LogP contribution < -0.4 is 0 Å². The predicted molar refractivity (Wildman–Crippen MR) is 75.4 cm³/mol. The van der Waals surface area contributed by atoms with Crippen LogP contribution in [0.15, 0.2) is 66.4 Å². The number of benzene rings is 2. The minimum absolute atomic E-state index is 0.353. The van der Waals surface area contributed by atoms with E-state index in [2.05, 4.69) is 0 Å². The average Bonchev–Trinajstić information content (AvgIpc) is 2.48. The molecule has 20 heavy (non-hydrogen) atoms. The number of carbonyl (C=O) groups excluding carboxylic acids is 1. The van der Waals surface area contributed by atoms with Crippen LogP contribution in [0.2, 0.25) is 0 Å². The summed E-state index contributed by atoms with van der Waals surface area (Å²) in [7, 11) is 0. The van der Waals surface area contributed by atoms with Gasteiger partial charge in [0.2, 0.25) is 0 Å². The van der Waals surface area contributed by atoms with Crippen molar-refractivity contribution in [2.24, 2.45) is 0 Å². The van der Waals surface area contributed by atoms with Crippen molar-refractivity contribution in [2.45, 2.75) is 13.2 Å². The molecular weight excluding hydrogens is 252 g/mol. The molecule has 0 spiro atoms. The van der Waals surface area contributed by atoms with Gasteiger partial charge in [-0.15, -0.1) is 0 Å². The van der Waals surface area contributed by atoms with E-state index < -0.39 is 6.29 Å². The van der Waals surface area contributed by atoms with Gasteiger partial charge >= 0.3 is 5.97 Å². The molecule has 0 amide bonds. The molecule has 0 saturated carbocycles. The Hall–Kier alpha value is -2.55. The van der Waals surface area contributed by atoms with E-state index in [1.54, 1.807) is 6.92 Å². The number of rotatable bonds is 2. The van der Waals surface area contributed by atoms with E-state index >= 15 is 0 Å². The van der Waals surface area contributed by atoms with E-state index in [1.807, 2.05) is 60.7 Å². The lowest BCUT2D eigenvalue weighted by Gasteiger charge is -2.26. The van der Waals surface area contributed by atoms with Crippen LogP contribution in [-0.2, 0) is 14.3 Å². The van der Waals surface area contributed by atoms with Crippen molar-refractivity contribution in [1.29, 1.82) is 0 Å². The van der Waals surface area contributed by atoms with Crippen molar-refractivity contribution in [1.82, 2.24) is 0 Å². The molecule has 2 aromatic carbocycles. The van der Waals surface area contributed by atoms with Gasteiger partial charge < -0.3 is 9.47 Å². The molecule has 1 heterocycles. The van der Waals surface area contributed by atoms with Crippen LogP contribution in [0.25, 0.3) is 5.57 Å². The number of cyclic esters (lactones) is 1. The number of hydrogen-bond donors (Lipinski definition) is 0. The zero-order valence-corrected chi connectivity index (χ0v) is 11.1. The van der Waals surface area contributed by atoms with Gasteiger partial charge in [-0.3, -0.25) is 0 Å². The van der Waals surface area contributed by atoms with E-state index in [1.165, 1.54) is 0 Å². The Morgan fingerprint density at radius 1 is 0.850 bits per heavy atom. The van der Waals surface area contributed by atoms with Gasteiger partial charge in [-0.25, -0.2) is 4.79 Å². The Morgan fingerprint density at radius 2 is 1.45 bits per heavy atom. The molecule has 1 aliphatic rings. The maximum atomic E-state index is 12.2. The fourth-order valence-corrected chi connectivity index (χ4v) is 2.22. The maximum Gasteiger partial charge on any atom is 0.345 e. The molecule has 0 fully saturated rings. The summed E-state index contributed by atoms with van der Waals surface area (Å²) in [6, 6.07) is 18.8. The molecule has 0 aliphatic carbocycles. The third-order valence-electron chi connectivity index (χ3n) is 3.19. The van der Waals surface area contributed by atoms with Crippen LogP contribution in [0.5, 0.6) is 0 Å². The Balaban J connectivity index is 1.94. The lowest BCUT2D eigenvalue weighted by Crippen LogP contribution is -2.21. The third-order valence-corrected chi connectivity index (χ3v) is 3.19. The van der Waals surface area contributed by atoms with Crippen LogP contribution in [0.1, 0.15) is 24.3 Å². The van der Waals surface area contributed by atoms with Gasteiger partial charge in [0, 0.05) is 5.56 Å². The Morgan fingerprint density at radius 3 is 2.05 bits per heavy atom. The summed E-state index contributed by atoms with van der Waals surface area (Å²) in [6.45, 7) is 1.79. The van der Waals surface area contributed by atoms with Gasteiger partial charge in [0.05, 0.1) is 0 Å². The molecule has 0 saturated heterocycles. The average molecular weight is 266 g/mol. The van der Waals surface area contributed by atoms with Crippen molar-refractivity contribution in [3.05, 3.63) is 77.5 Å². The number of carbonyl (C=O) groups is 1. The molecule has 100 valence electrons. The Bertz CT molecular complexity index is 644. The Kier molecular flexibility index (Phi) is 3.25. The fourth-order valence-electron chi connectivity index (χ4n) is 2.22. The largest absolute Gasteiger partial charge is 0.454 e. The highest BCUT2D eigenvalue weighted by Crippen LogP contribution is 2.33. The van der Waals surface area contributed by atoms with Gasteiger partial charge in [-0.2, -0.15) is 0 Å². The van der Waals surface area contributed by atoms with Gasteiger partial charge in [0.15, 0.2) is 0 Å². The van der Waals surface area contributed by atoms with Crippen LogP contribution >= 0.6 is 0 Å². The first-order valence-electron chi connectivity index (χ1n) is 6.44. The molecule has 0 N–H and O–H groups in total. The highest BCUT2D eigenvalue weighted by molar-refractivity contribution is 6.17. The summed E-state index contributed by atoms with van der Waals surface area (Å²) in [5.41, 5.74) is 2.12. The fraction of sp³-hybridized carbons (Fsp3) is 0.118. The van der Waals surface area contributed by atoms with Crippen molar-refractivity contribution in [2.75, 3.05) is 0 Å². The molecule has 2 aromatic rings. The second-order valence-corrected chi connectivity index (χ2v) is 4.56. The number of allylic oxidation sites excluding steroid dienone is 1. The highest BCUT2D eigenvalue weighted by atomic mass is 16.7. The topological polar surface area (TPSA) is 35.5 Å². The smallest absolute Gasteiger partial charge is 0.345 e. The summed E-state index contributed by atoms with van der Waals surface area (Å²) in [4.78, 5) is 12.2. The molecular formula is C17H14O3. The normalized spacial score (nSPS) is 18.4. The van der Waals surface area contributed by atoms with Crippen LogP contribution in [-0.4, -0.2) is 5.97 Å². The molecule has 1 aliphatic heterocycles. The van der Waals surface area contributed by atoms with Gasteiger partial charge in [-0.05, 0) is 12.5 Å². The quantitative estimate of drug-likeness (QED) is 0.778. The minimum Gasteiger partial charge on any atom is -0.454 e. The predicted octanol–water partition coefficient (Wildman–Crippen LogP) is 3.69. The Labute approximate surface area is 117 Å². The first-order chi connectivity index (χ1) is 9.75. The minimum atomic E-state index is -0.670. The number of hydrogen-bond acceptors (Lipinski definition) is 3. The molecule has 0 radical (unpaired) electrons. The first kappa shape index (κ1) is 12.5. The standard InChI is InChI=1S/C17H14O3/c1-12-15(13-8-4-2-5-9-13)16(18)20-17(19-12)14-10-6-3-7-11-14/h2-11,17H,1H3. The zero-order valence-electron chi connectivity index (χ0n) is 11.1. The molecule has 0 bridgehead atoms. The van der Waals surface area contributed by atoms with Gasteiger partial charge in [0.25, 0.3) is 6.29 Å². The van der Waals surface area contributed by atoms with Crippen molar-refractivity contribution >= 4 is 11.5 Å². The van der Waals surface area contributed by atoms with Crippen LogP contribution in [0.3, 0.4) is 0 Å². The molecule has 0 aromatic heterocycles. The number of ether oxygens (including phenoxy) is 2. The summed E-state index contributed by atoms with van der Waals surface area (Å²) in [5.74, 6) is 0.232. The maximum absolute atomic E-state index is 12.2. The third kappa shape index (κ3) is 2.30. The lowest BCUT2D eigenvalue weighted by molar-refractivity contribution is -0.171. The molecule has 1 atom stereocenters. The SMILES string of the molecule is CC1=C(c2ccccc2)C(=O)OC(c2ccccc2)O1. The summed E-state index contributed by atoms with van der Waals surface area (Å²) in [6.07, 6.45) is -0.670. The second-order valence-electron chi connectivity index (χ2n) is 4.56. The second kappa shape index (κ2) is 5.21. The summed E-state index contributed by atoms with van der Waals surface area (Å²) < 4.78 is 11.1. The number of esters is 1. The van der Waals surface area contributed by atoms with Crippen LogP contribution in [0, 0.1) is 0 Å². The van der Waals surface area contributed by atoms with E-state index in [0.29, 0.717) is 11.3 Å². The molecule has 3 heteroatoms. The van der Waals surface area contributed by atoms with E-state index in [9.17, 15) is 4.79 Å². The van der Waals surface area contributed by atoms with Gasteiger partial charge in [0.1, 0.15) is 11.3 Å². The van der Waals surface area contributed by atoms with Crippen molar-refractivity contribution < 1.29 is 14.3 Å². The summed E-state index contributed by atoms with van der Waals surface area (Å²) in [5, 5.41) is 0. The monoisotopic (exact) mass is 266 g/mol. The lowest BCUT2D eigenvalue weighted by atomic mass is 10.0. The zero-order chi connectivity index (χ0) is 13.9.